The number of carbonyl (C=O) groups is 1. The van der Waals surface area contributed by atoms with Crippen LogP contribution in [0.2, 0.25) is 0 Å². The molecular formula is C10H7O3S-. The van der Waals surface area contributed by atoms with Gasteiger partial charge in [0.05, 0.1) is 23.8 Å². The van der Waals surface area contributed by atoms with Crippen LogP contribution in [-0.2, 0) is 4.79 Å². The Hall–Kier alpha value is -1.42. The zero-order valence-corrected chi connectivity index (χ0v) is 8.04. The topological polar surface area (TPSA) is 49.4 Å². The van der Waals surface area contributed by atoms with E-state index in [-0.39, 0.29) is 5.57 Å². The Morgan fingerprint density at radius 3 is 3.00 bits per heavy atom. The first kappa shape index (κ1) is 9.15. The van der Waals surface area contributed by atoms with Gasteiger partial charge in [0.15, 0.2) is 0 Å². The first-order chi connectivity index (χ1) is 6.77. The van der Waals surface area contributed by atoms with Crippen LogP contribution in [0.25, 0.3) is 6.08 Å². The highest BCUT2D eigenvalue weighted by atomic mass is 32.2. The van der Waals surface area contributed by atoms with Crippen LogP contribution in [0.1, 0.15) is 5.56 Å². The van der Waals surface area contributed by atoms with E-state index in [2.05, 4.69) is 0 Å². The van der Waals surface area contributed by atoms with Gasteiger partial charge < -0.3 is 14.1 Å². The Balaban J connectivity index is 2.44. The summed E-state index contributed by atoms with van der Waals surface area (Å²) in [5.41, 5.74) is 1.02. The summed E-state index contributed by atoms with van der Waals surface area (Å²) in [6, 6.07) is 7.29. The van der Waals surface area contributed by atoms with Gasteiger partial charge >= 0.3 is 0 Å². The molecule has 0 spiro atoms. The molecule has 0 saturated carbocycles. The average molecular weight is 207 g/mol. The molecule has 0 amide bonds. The van der Waals surface area contributed by atoms with E-state index in [0.29, 0.717) is 11.5 Å². The van der Waals surface area contributed by atoms with Gasteiger partial charge in [-0.05, 0) is 17.7 Å². The number of fused-ring (bicyclic) bond motifs is 1. The van der Waals surface area contributed by atoms with Crippen LogP contribution in [0.5, 0.6) is 5.75 Å². The molecule has 0 aliphatic carbocycles. The first-order valence-corrected chi connectivity index (χ1v) is 4.99. The monoisotopic (exact) mass is 207 g/mol. The lowest BCUT2D eigenvalue weighted by Gasteiger charge is -2.03. The molecular weight excluding hydrogens is 200 g/mol. The van der Waals surface area contributed by atoms with Crippen molar-refractivity contribution in [2.75, 3.05) is 5.75 Å². The first-order valence-electron chi connectivity index (χ1n) is 4.08. The number of rotatable bonds is 1. The molecule has 1 heterocycles. The Bertz CT molecular complexity index is 398. The van der Waals surface area contributed by atoms with Crippen molar-refractivity contribution >= 4 is 24.1 Å². The van der Waals surface area contributed by atoms with Gasteiger partial charge in [0.1, 0.15) is 5.75 Å². The van der Waals surface area contributed by atoms with Crippen molar-refractivity contribution in [1.29, 1.82) is 0 Å². The van der Waals surface area contributed by atoms with Crippen LogP contribution < -0.4 is 9.29 Å². The lowest BCUT2D eigenvalue weighted by molar-refractivity contribution is -0.298. The minimum atomic E-state index is -1.14. The number of carboxylic acid groups (broad SMARTS) is 1. The minimum absolute atomic E-state index is 0.250. The molecule has 0 atom stereocenters. The van der Waals surface area contributed by atoms with Crippen molar-refractivity contribution in [3.63, 3.8) is 0 Å². The fourth-order valence-corrected chi connectivity index (χ4v) is 1.85. The van der Waals surface area contributed by atoms with E-state index in [0.717, 1.165) is 17.6 Å². The lowest BCUT2D eigenvalue weighted by Crippen LogP contribution is -2.25. The number of hydrogen-bond acceptors (Lipinski definition) is 4. The van der Waals surface area contributed by atoms with Crippen molar-refractivity contribution in [3.05, 3.63) is 35.4 Å². The third kappa shape index (κ3) is 1.75. The Kier molecular flexibility index (Phi) is 2.45. The number of para-hydroxylation sites is 1. The molecule has 1 aliphatic heterocycles. The number of hydrogen-bond donors (Lipinski definition) is 0. The summed E-state index contributed by atoms with van der Waals surface area (Å²) in [5, 5.41) is 10.7. The lowest BCUT2D eigenvalue weighted by atomic mass is 10.1. The van der Waals surface area contributed by atoms with Crippen LogP contribution >= 0.6 is 12.0 Å². The minimum Gasteiger partial charge on any atom is -0.545 e. The summed E-state index contributed by atoms with van der Waals surface area (Å²) >= 11 is 1.11. The van der Waals surface area contributed by atoms with Crippen molar-refractivity contribution in [1.82, 2.24) is 0 Å². The number of aliphatic carboxylic acids is 1. The molecule has 0 radical (unpaired) electrons. The van der Waals surface area contributed by atoms with Crippen molar-refractivity contribution < 1.29 is 14.1 Å². The van der Waals surface area contributed by atoms with E-state index in [9.17, 15) is 9.90 Å². The maximum atomic E-state index is 10.7. The van der Waals surface area contributed by atoms with Crippen molar-refractivity contribution in [2.45, 2.75) is 0 Å². The predicted octanol–water partition coefficient (Wildman–Crippen LogP) is 0.860. The zero-order chi connectivity index (χ0) is 9.97. The average Bonchev–Trinajstić information content (AvgIpc) is 2.39. The Morgan fingerprint density at radius 2 is 2.21 bits per heavy atom. The van der Waals surface area contributed by atoms with Gasteiger partial charge in [-0.25, -0.2) is 0 Å². The normalized spacial score (nSPS) is 14.7. The van der Waals surface area contributed by atoms with E-state index < -0.39 is 5.97 Å². The number of carbonyl (C=O) groups excluding carboxylic acids is 1. The second kappa shape index (κ2) is 3.75. The van der Waals surface area contributed by atoms with Crippen molar-refractivity contribution in [3.8, 4) is 5.75 Å². The van der Waals surface area contributed by atoms with Crippen molar-refractivity contribution in [2.24, 2.45) is 0 Å². The molecule has 1 aromatic carbocycles. The second-order valence-corrected chi connectivity index (χ2v) is 3.53. The quantitative estimate of drug-likeness (QED) is 0.641. The highest BCUT2D eigenvalue weighted by molar-refractivity contribution is 7.95. The largest absolute Gasteiger partial charge is 0.545 e. The fraction of sp³-hybridized carbons (Fsp3) is 0.100. The molecule has 72 valence electrons. The molecule has 0 unspecified atom stereocenters. The number of benzene rings is 1. The van der Waals surface area contributed by atoms with E-state index in [1.54, 1.807) is 12.1 Å². The van der Waals surface area contributed by atoms with E-state index >= 15 is 0 Å². The maximum absolute atomic E-state index is 10.7. The molecule has 0 N–H and O–H groups in total. The van der Waals surface area contributed by atoms with Crippen LogP contribution in [0, 0.1) is 0 Å². The molecule has 3 nitrogen and oxygen atoms in total. The standard InChI is InChI=1S/C10H8O3S/c11-10(12)8-5-7-3-1-2-4-9(7)13-14-6-8/h1-5H,6H2,(H,11,12)/p-1. The van der Waals surface area contributed by atoms with E-state index in [1.165, 1.54) is 0 Å². The van der Waals surface area contributed by atoms with Gasteiger partial charge in [0.2, 0.25) is 0 Å². The molecule has 0 aromatic heterocycles. The molecule has 14 heavy (non-hydrogen) atoms. The summed E-state index contributed by atoms with van der Waals surface area (Å²) < 4.78 is 5.30. The molecule has 4 heteroatoms. The summed E-state index contributed by atoms with van der Waals surface area (Å²) in [7, 11) is 0. The molecule has 1 aromatic rings. The maximum Gasteiger partial charge on any atom is 0.144 e. The molecule has 0 fully saturated rings. The highest BCUT2D eigenvalue weighted by Gasteiger charge is 2.09. The van der Waals surface area contributed by atoms with Crippen LogP contribution in [0.15, 0.2) is 29.8 Å². The summed E-state index contributed by atoms with van der Waals surface area (Å²) in [6.07, 6.45) is 1.59. The third-order valence-electron chi connectivity index (χ3n) is 1.87. The van der Waals surface area contributed by atoms with Gasteiger partial charge in [-0.15, -0.1) is 0 Å². The van der Waals surface area contributed by atoms with E-state index in [1.807, 2.05) is 18.2 Å². The highest BCUT2D eigenvalue weighted by Crippen LogP contribution is 2.28. The Labute approximate surface area is 85.6 Å². The molecule has 0 bridgehead atoms. The Morgan fingerprint density at radius 1 is 1.43 bits per heavy atom. The molecule has 2 rings (SSSR count). The number of carboxylic acids is 1. The smallest absolute Gasteiger partial charge is 0.144 e. The van der Waals surface area contributed by atoms with Crippen LogP contribution in [-0.4, -0.2) is 11.7 Å². The van der Waals surface area contributed by atoms with Gasteiger partial charge in [-0.1, -0.05) is 18.2 Å². The van der Waals surface area contributed by atoms with Crippen LogP contribution in [0.3, 0.4) is 0 Å². The summed E-state index contributed by atoms with van der Waals surface area (Å²) in [6.45, 7) is 0. The summed E-state index contributed by atoms with van der Waals surface area (Å²) in [5.74, 6) is -0.150. The van der Waals surface area contributed by atoms with Gasteiger partial charge in [0, 0.05) is 5.56 Å². The fourth-order valence-electron chi connectivity index (χ4n) is 1.18. The third-order valence-corrected chi connectivity index (χ3v) is 2.60. The molecule has 1 aliphatic rings. The SMILES string of the molecule is O=C([O-])C1=Cc2ccccc2OSC1. The second-order valence-electron chi connectivity index (χ2n) is 2.84. The van der Waals surface area contributed by atoms with E-state index in [4.69, 9.17) is 4.18 Å². The van der Waals surface area contributed by atoms with Gasteiger partial charge in [-0.2, -0.15) is 0 Å². The van der Waals surface area contributed by atoms with Gasteiger partial charge in [-0.3, -0.25) is 0 Å². The van der Waals surface area contributed by atoms with Gasteiger partial charge in [0.25, 0.3) is 0 Å². The van der Waals surface area contributed by atoms with Crippen LogP contribution in [0.4, 0.5) is 0 Å². The zero-order valence-electron chi connectivity index (χ0n) is 7.23. The molecule has 0 saturated heterocycles. The predicted molar refractivity (Wildman–Crippen MR) is 52.5 cm³/mol. The summed E-state index contributed by atoms with van der Waals surface area (Å²) in [4.78, 5) is 10.7.